The van der Waals surface area contributed by atoms with Gasteiger partial charge in [-0.15, -0.1) is 0 Å². The number of phenolic OH excluding ortho intramolecular Hbond substituents is 1. The molecule has 0 spiro atoms. The van der Waals surface area contributed by atoms with E-state index in [-0.39, 0.29) is 0 Å². The van der Waals surface area contributed by atoms with Crippen LogP contribution in [0.15, 0.2) is 58.6 Å². The van der Waals surface area contributed by atoms with Gasteiger partial charge >= 0.3 is 0 Å². The zero-order valence-electron chi connectivity index (χ0n) is 17.6. The number of nitrogens with one attached hydrogen (secondary N) is 1. The third kappa shape index (κ3) is 3.73. The Morgan fingerprint density at radius 1 is 1.07 bits per heavy atom. The quantitative estimate of drug-likeness (QED) is 0.573. The highest BCUT2D eigenvalue weighted by molar-refractivity contribution is 7.85. The minimum atomic E-state index is -1.26. The molecule has 0 radical (unpaired) electrons. The van der Waals surface area contributed by atoms with Gasteiger partial charge in [0.15, 0.2) is 5.03 Å². The first kappa shape index (κ1) is 20.6. The molecule has 1 aromatic heterocycles. The highest BCUT2D eigenvalue weighted by atomic mass is 32.2. The van der Waals surface area contributed by atoms with Gasteiger partial charge in [-0.25, -0.2) is 9.19 Å². The average molecular weight is 422 g/mol. The van der Waals surface area contributed by atoms with Crippen molar-refractivity contribution in [3.05, 3.63) is 70.9 Å². The Kier molecular flexibility index (Phi) is 5.88. The minimum absolute atomic E-state index is 0.364. The molecule has 1 unspecified atom stereocenters. The summed E-state index contributed by atoms with van der Waals surface area (Å²) in [4.78, 5) is 7.51. The van der Waals surface area contributed by atoms with E-state index in [1.165, 1.54) is 5.56 Å². The predicted molar refractivity (Wildman–Crippen MR) is 121 cm³/mol. The summed E-state index contributed by atoms with van der Waals surface area (Å²) in [6, 6.07) is 13.7. The van der Waals surface area contributed by atoms with E-state index >= 15 is 0 Å². The van der Waals surface area contributed by atoms with Crippen molar-refractivity contribution in [2.45, 2.75) is 43.7 Å². The second-order valence-corrected chi connectivity index (χ2v) is 9.08. The van der Waals surface area contributed by atoms with Crippen molar-refractivity contribution in [2.75, 3.05) is 18.0 Å². The number of fused-ring (bicyclic) bond motifs is 2. The van der Waals surface area contributed by atoms with Gasteiger partial charge in [0.25, 0.3) is 0 Å². The Bertz CT molecular complexity index is 1110. The molecule has 1 atom stereocenters. The highest BCUT2D eigenvalue weighted by Crippen LogP contribution is 2.43. The molecule has 156 valence electrons. The van der Waals surface area contributed by atoms with Crippen LogP contribution in [0.4, 0.5) is 11.4 Å². The summed E-state index contributed by atoms with van der Waals surface area (Å²) in [5.74, 6) is 0.364. The molecule has 2 aromatic carbocycles. The van der Waals surface area contributed by atoms with Gasteiger partial charge < -0.3 is 15.3 Å². The normalized spacial score (nSPS) is 15.0. The van der Waals surface area contributed by atoms with Gasteiger partial charge in [0.1, 0.15) is 16.5 Å². The standard InChI is InChI=1S/C24H27N3O2S/c1-16-10-11-21-22(18(16)3)27(20-9-5-13-26-24(20)30(21)29)14-6-12-25-15-19-8-4-7-17(2)23(19)28/h4-5,7-11,13,25,28H,6,12,14-15H2,1-3H3. The van der Waals surface area contributed by atoms with Crippen LogP contribution in [0.2, 0.25) is 0 Å². The van der Waals surface area contributed by atoms with Crippen LogP contribution in [-0.2, 0) is 17.3 Å². The third-order valence-corrected chi connectivity index (χ3v) is 7.12. The number of rotatable bonds is 6. The van der Waals surface area contributed by atoms with E-state index in [4.69, 9.17) is 0 Å². The van der Waals surface area contributed by atoms with E-state index in [9.17, 15) is 9.32 Å². The lowest BCUT2D eigenvalue weighted by Crippen LogP contribution is -2.29. The number of nitrogens with zero attached hydrogens (tertiary/aromatic N) is 2. The summed E-state index contributed by atoms with van der Waals surface area (Å²) in [6.07, 6.45) is 2.61. The maximum atomic E-state index is 13.1. The Labute approximate surface area is 180 Å². The summed E-state index contributed by atoms with van der Waals surface area (Å²) in [7, 11) is -1.26. The molecule has 2 heterocycles. The molecule has 0 aliphatic carbocycles. The molecule has 2 N–H and O–H groups in total. The van der Waals surface area contributed by atoms with Crippen LogP contribution in [0.1, 0.15) is 28.7 Å². The van der Waals surface area contributed by atoms with Crippen molar-refractivity contribution in [3.8, 4) is 5.75 Å². The van der Waals surface area contributed by atoms with Gasteiger partial charge in [0.05, 0.1) is 16.3 Å². The number of aromatic nitrogens is 1. The molecule has 0 fully saturated rings. The first-order valence-electron chi connectivity index (χ1n) is 10.2. The van der Waals surface area contributed by atoms with Crippen LogP contribution < -0.4 is 10.2 Å². The SMILES string of the molecule is Cc1ccc2c(c1C)N(CCCNCc1cccc(C)c1O)c1cccnc1S2=O. The lowest BCUT2D eigenvalue weighted by molar-refractivity contribution is 0.460. The molecule has 0 amide bonds. The van der Waals surface area contributed by atoms with Crippen molar-refractivity contribution in [1.29, 1.82) is 0 Å². The number of hydrogen-bond donors (Lipinski definition) is 2. The van der Waals surface area contributed by atoms with Crippen LogP contribution in [0.3, 0.4) is 0 Å². The fraction of sp³-hybridized carbons (Fsp3) is 0.292. The molecule has 3 aromatic rings. The number of pyridine rings is 1. The van der Waals surface area contributed by atoms with E-state index in [1.807, 2.05) is 49.4 Å². The van der Waals surface area contributed by atoms with Crippen LogP contribution in [0.25, 0.3) is 0 Å². The Hall–Kier alpha value is -2.70. The van der Waals surface area contributed by atoms with Gasteiger partial charge in [-0.3, -0.25) is 0 Å². The first-order chi connectivity index (χ1) is 14.5. The lowest BCUT2D eigenvalue weighted by atomic mass is 10.1. The predicted octanol–water partition coefficient (Wildman–Crippen LogP) is 4.51. The van der Waals surface area contributed by atoms with Crippen LogP contribution in [0.5, 0.6) is 5.75 Å². The number of phenols is 1. The maximum absolute atomic E-state index is 13.1. The fourth-order valence-electron chi connectivity index (χ4n) is 3.90. The van der Waals surface area contributed by atoms with Crippen molar-refractivity contribution in [2.24, 2.45) is 0 Å². The van der Waals surface area contributed by atoms with Crippen LogP contribution >= 0.6 is 0 Å². The molecule has 1 aliphatic heterocycles. The first-order valence-corrected chi connectivity index (χ1v) is 11.4. The number of aromatic hydroxyl groups is 1. The van der Waals surface area contributed by atoms with E-state index in [2.05, 4.69) is 29.0 Å². The van der Waals surface area contributed by atoms with Gasteiger partial charge in [-0.1, -0.05) is 24.3 Å². The van der Waals surface area contributed by atoms with Gasteiger partial charge in [0, 0.05) is 24.8 Å². The molecular formula is C24H27N3O2S. The van der Waals surface area contributed by atoms with Crippen molar-refractivity contribution in [3.63, 3.8) is 0 Å². The molecule has 0 saturated heterocycles. The second-order valence-electron chi connectivity index (χ2n) is 7.72. The maximum Gasteiger partial charge on any atom is 0.155 e. The number of aryl methyl sites for hydroxylation is 2. The van der Waals surface area contributed by atoms with Gasteiger partial charge in [-0.2, -0.15) is 0 Å². The van der Waals surface area contributed by atoms with E-state index in [0.29, 0.717) is 17.3 Å². The van der Waals surface area contributed by atoms with E-state index in [1.54, 1.807) is 6.20 Å². The van der Waals surface area contributed by atoms with Gasteiger partial charge in [-0.05, 0) is 68.6 Å². The molecule has 6 heteroatoms. The molecule has 5 nitrogen and oxygen atoms in total. The van der Waals surface area contributed by atoms with E-state index in [0.717, 1.165) is 52.5 Å². The topological polar surface area (TPSA) is 65.5 Å². The summed E-state index contributed by atoms with van der Waals surface area (Å²) in [5, 5.41) is 14.2. The Morgan fingerprint density at radius 3 is 2.73 bits per heavy atom. The number of para-hydroxylation sites is 1. The van der Waals surface area contributed by atoms with Crippen molar-refractivity contribution >= 4 is 22.2 Å². The Morgan fingerprint density at radius 2 is 1.90 bits per heavy atom. The number of anilines is 2. The number of hydrogen-bond acceptors (Lipinski definition) is 5. The molecule has 0 bridgehead atoms. The average Bonchev–Trinajstić information content (AvgIpc) is 2.75. The van der Waals surface area contributed by atoms with Crippen LogP contribution in [0, 0.1) is 20.8 Å². The van der Waals surface area contributed by atoms with Gasteiger partial charge in [0.2, 0.25) is 0 Å². The summed E-state index contributed by atoms with van der Waals surface area (Å²) >= 11 is 0. The largest absolute Gasteiger partial charge is 0.507 e. The lowest BCUT2D eigenvalue weighted by Gasteiger charge is -2.34. The molecular weight excluding hydrogens is 394 g/mol. The minimum Gasteiger partial charge on any atom is -0.507 e. The van der Waals surface area contributed by atoms with Crippen molar-refractivity contribution in [1.82, 2.24) is 10.3 Å². The third-order valence-electron chi connectivity index (χ3n) is 5.72. The monoisotopic (exact) mass is 421 g/mol. The van der Waals surface area contributed by atoms with Crippen molar-refractivity contribution < 1.29 is 9.32 Å². The highest BCUT2D eigenvalue weighted by Gasteiger charge is 2.30. The summed E-state index contributed by atoms with van der Waals surface area (Å²) in [5.41, 5.74) is 6.12. The number of benzene rings is 2. The van der Waals surface area contributed by atoms with E-state index < -0.39 is 10.8 Å². The summed E-state index contributed by atoms with van der Waals surface area (Å²) in [6.45, 7) is 8.32. The second kappa shape index (κ2) is 8.58. The fourth-order valence-corrected chi connectivity index (χ4v) is 5.26. The molecule has 1 aliphatic rings. The summed E-state index contributed by atoms with van der Waals surface area (Å²) < 4.78 is 13.1. The Balaban J connectivity index is 1.50. The smallest absolute Gasteiger partial charge is 0.155 e. The molecule has 4 rings (SSSR count). The zero-order valence-corrected chi connectivity index (χ0v) is 18.4. The molecule has 30 heavy (non-hydrogen) atoms. The van der Waals surface area contributed by atoms with Crippen LogP contribution in [-0.4, -0.2) is 27.4 Å². The zero-order chi connectivity index (χ0) is 21.3. The molecule has 0 saturated carbocycles.